The zero-order valence-electron chi connectivity index (χ0n) is 19.2. The van der Waals surface area contributed by atoms with Gasteiger partial charge in [-0.25, -0.2) is 4.98 Å². The van der Waals surface area contributed by atoms with Crippen LogP contribution in [0.25, 0.3) is 21.8 Å². The molecule has 8 heteroatoms. The number of fused-ring (bicyclic) bond motifs is 1. The number of rotatable bonds is 5. The van der Waals surface area contributed by atoms with E-state index >= 15 is 0 Å². The molecule has 5 rings (SSSR count). The summed E-state index contributed by atoms with van der Waals surface area (Å²) in [5.41, 5.74) is 5.80. The van der Waals surface area contributed by atoms with Gasteiger partial charge in [0.15, 0.2) is 6.61 Å². The SMILES string of the molecule is Cc1cccc(NC(=O)CN2C(=O)COc3ccc(-c4csc(-c5ccccc5Cl)n4)cc32)c1C. The average molecular weight is 504 g/mol. The number of anilines is 2. The first-order chi connectivity index (χ1) is 16.9. The second-order valence-electron chi connectivity index (χ2n) is 8.26. The van der Waals surface area contributed by atoms with E-state index in [0.29, 0.717) is 16.5 Å². The molecular formula is C27H22ClN3O3S. The maximum atomic E-state index is 12.9. The number of aromatic nitrogens is 1. The number of ether oxygens (including phenoxy) is 1. The first kappa shape index (κ1) is 23.1. The molecule has 0 saturated heterocycles. The molecule has 0 atom stereocenters. The summed E-state index contributed by atoms with van der Waals surface area (Å²) in [6, 6.07) is 18.8. The highest BCUT2D eigenvalue weighted by molar-refractivity contribution is 7.13. The number of amides is 2. The molecule has 2 amide bonds. The highest BCUT2D eigenvalue weighted by atomic mass is 35.5. The maximum Gasteiger partial charge on any atom is 0.265 e. The van der Waals surface area contributed by atoms with Crippen molar-refractivity contribution < 1.29 is 14.3 Å². The van der Waals surface area contributed by atoms with Gasteiger partial charge < -0.3 is 10.1 Å². The summed E-state index contributed by atoms with van der Waals surface area (Å²) < 4.78 is 5.62. The van der Waals surface area contributed by atoms with Gasteiger partial charge in [0.1, 0.15) is 17.3 Å². The van der Waals surface area contributed by atoms with Gasteiger partial charge in [0, 0.05) is 22.2 Å². The van der Waals surface area contributed by atoms with Crippen LogP contribution in [-0.2, 0) is 9.59 Å². The van der Waals surface area contributed by atoms with E-state index in [4.69, 9.17) is 21.3 Å². The Balaban J connectivity index is 1.42. The quantitative estimate of drug-likeness (QED) is 0.356. The highest BCUT2D eigenvalue weighted by Crippen LogP contribution is 2.38. The molecule has 1 aromatic heterocycles. The Morgan fingerprint density at radius 2 is 1.97 bits per heavy atom. The molecule has 0 bridgehead atoms. The molecule has 0 radical (unpaired) electrons. The minimum absolute atomic E-state index is 0.115. The van der Waals surface area contributed by atoms with Crippen molar-refractivity contribution >= 4 is 46.1 Å². The van der Waals surface area contributed by atoms with Gasteiger partial charge in [0.2, 0.25) is 5.91 Å². The van der Waals surface area contributed by atoms with Crippen LogP contribution in [0.2, 0.25) is 5.02 Å². The highest BCUT2D eigenvalue weighted by Gasteiger charge is 2.28. The van der Waals surface area contributed by atoms with Crippen molar-refractivity contribution in [2.24, 2.45) is 0 Å². The molecule has 1 aliphatic rings. The lowest BCUT2D eigenvalue weighted by Gasteiger charge is -2.29. The predicted octanol–water partition coefficient (Wildman–Crippen LogP) is 6.11. The first-order valence-electron chi connectivity index (χ1n) is 11.0. The van der Waals surface area contributed by atoms with E-state index in [2.05, 4.69) is 5.32 Å². The molecule has 0 saturated carbocycles. The van der Waals surface area contributed by atoms with E-state index < -0.39 is 0 Å². The molecule has 0 spiro atoms. The minimum Gasteiger partial charge on any atom is -0.482 e. The molecule has 0 aliphatic carbocycles. The van der Waals surface area contributed by atoms with Gasteiger partial charge in [0.05, 0.1) is 16.4 Å². The van der Waals surface area contributed by atoms with Crippen LogP contribution < -0.4 is 15.0 Å². The van der Waals surface area contributed by atoms with E-state index in [1.807, 2.05) is 73.8 Å². The smallest absolute Gasteiger partial charge is 0.265 e. The summed E-state index contributed by atoms with van der Waals surface area (Å²) in [6.07, 6.45) is 0. The van der Waals surface area contributed by atoms with Crippen molar-refractivity contribution in [2.75, 3.05) is 23.4 Å². The van der Waals surface area contributed by atoms with Crippen LogP contribution in [0.4, 0.5) is 11.4 Å². The number of halogens is 1. The Morgan fingerprint density at radius 1 is 1.14 bits per heavy atom. The van der Waals surface area contributed by atoms with Crippen LogP contribution in [-0.4, -0.2) is 29.9 Å². The normalized spacial score (nSPS) is 12.8. The average Bonchev–Trinajstić information content (AvgIpc) is 3.34. The van der Waals surface area contributed by atoms with Crippen molar-refractivity contribution in [3.8, 4) is 27.6 Å². The lowest BCUT2D eigenvalue weighted by molar-refractivity contribution is -0.123. The number of benzene rings is 3. The summed E-state index contributed by atoms with van der Waals surface area (Å²) in [5, 5.41) is 6.32. The molecule has 1 N–H and O–H groups in total. The zero-order valence-corrected chi connectivity index (χ0v) is 20.7. The number of hydrogen-bond donors (Lipinski definition) is 1. The molecule has 3 aromatic carbocycles. The second kappa shape index (κ2) is 9.52. The number of nitrogens with one attached hydrogen (secondary N) is 1. The van der Waals surface area contributed by atoms with Gasteiger partial charge in [-0.1, -0.05) is 41.9 Å². The van der Waals surface area contributed by atoms with E-state index in [-0.39, 0.29) is 25.0 Å². The van der Waals surface area contributed by atoms with Gasteiger partial charge in [-0.3, -0.25) is 14.5 Å². The number of hydrogen-bond acceptors (Lipinski definition) is 5. The lowest BCUT2D eigenvalue weighted by atomic mass is 10.1. The van der Waals surface area contributed by atoms with Crippen LogP contribution in [0.3, 0.4) is 0 Å². The van der Waals surface area contributed by atoms with Crippen molar-refractivity contribution in [1.29, 1.82) is 0 Å². The van der Waals surface area contributed by atoms with Crippen LogP contribution in [0.5, 0.6) is 5.75 Å². The topological polar surface area (TPSA) is 71.5 Å². The third-order valence-corrected chi connectivity index (χ3v) is 7.19. The maximum absolute atomic E-state index is 12.9. The van der Waals surface area contributed by atoms with Crippen molar-refractivity contribution in [3.05, 3.63) is 82.2 Å². The van der Waals surface area contributed by atoms with Crippen LogP contribution in [0, 0.1) is 13.8 Å². The number of carbonyl (C=O) groups excluding carboxylic acids is 2. The molecule has 176 valence electrons. The van der Waals surface area contributed by atoms with E-state index in [1.54, 1.807) is 6.07 Å². The van der Waals surface area contributed by atoms with Gasteiger partial charge >= 0.3 is 0 Å². The molecule has 0 fully saturated rings. The Bertz CT molecular complexity index is 1450. The van der Waals surface area contributed by atoms with Gasteiger partial charge in [-0.05, 0) is 55.3 Å². The Hall–Kier alpha value is -3.68. The summed E-state index contributed by atoms with van der Waals surface area (Å²) in [4.78, 5) is 31.8. The molecule has 2 heterocycles. The third-order valence-electron chi connectivity index (χ3n) is 5.99. The summed E-state index contributed by atoms with van der Waals surface area (Å²) in [7, 11) is 0. The Kier molecular flexibility index (Phi) is 6.28. The fourth-order valence-corrected chi connectivity index (χ4v) is 5.07. The van der Waals surface area contributed by atoms with Crippen LogP contribution in [0.1, 0.15) is 11.1 Å². The first-order valence-corrected chi connectivity index (χ1v) is 12.3. The van der Waals surface area contributed by atoms with Crippen LogP contribution in [0.15, 0.2) is 66.0 Å². The fraction of sp³-hybridized carbons (Fsp3) is 0.148. The fourth-order valence-electron chi connectivity index (χ4n) is 3.92. The molecule has 4 aromatic rings. The molecule has 0 unspecified atom stereocenters. The largest absolute Gasteiger partial charge is 0.482 e. The summed E-state index contributed by atoms with van der Waals surface area (Å²) >= 11 is 7.83. The number of carbonyl (C=O) groups is 2. The Morgan fingerprint density at radius 3 is 2.80 bits per heavy atom. The van der Waals surface area contributed by atoms with Gasteiger partial charge in [-0.2, -0.15) is 0 Å². The predicted molar refractivity (Wildman–Crippen MR) is 140 cm³/mol. The van der Waals surface area contributed by atoms with Gasteiger partial charge in [-0.15, -0.1) is 11.3 Å². The lowest BCUT2D eigenvalue weighted by Crippen LogP contribution is -2.43. The van der Waals surface area contributed by atoms with Crippen molar-refractivity contribution in [1.82, 2.24) is 4.98 Å². The minimum atomic E-state index is -0.278. The molecule has 35 heavy (non-hydrogen) atoms. The van der Waals surface area contributed by atoms with E-state index in [0.717, 1.165) is 38.6 Å². The monoisotopic (exact) mass is 503 g/mol. The standard InChI is InChI=1S/C27H22ClN3O3S/c1-16-6-5-9-21(17(16)2)29-25(32)13-31-23-12-18(10-11-24(23)34-14-26(31)33)22-15-35-27(30-22)19-7-3-4-8-20(19)28/h3-12,15H,13-14H2,1-2H3,(H,29,32). The molecule has 1 aliphatic heterocycles. The number of aryl methyl sites for hydroxylation is 1. The Labute approximate surface area is 212 Å². The summed E-state index contributed by atoms with van der Waals surface area (Å²) in [5.74, 6) is -0.00444. The van der Waals surface area contributed by atoms with Crippen molar-refractivity contribution in [3.63, 3.8) is 0 Å². The molecule has 6 nitrogen and oxygen atoms in total. The van der Waals surface area contributed by atoms with E-state index in [9.17, 15) is 9.59 Å². The van der Waals surface area contributed by atoms with Gasteiger partial charge in [0.25, 0.3) is 5.91 Å². The number of thiazole rings is 1. The van der Waals surface area contributed by atoms with Crippen LogP contribution >= 0.6 is 22.9 Å². The second-order valence-corrected chi connectivity index (χ2v) is 9.53. The number of nitrogens with zero attached hydrogens (tertiary/aromatic N) is 2. The molecular weight excluding hydrogens is 482 g/mol. The third kappa shape index (κ3) is 4.65. The summed E-state index contributed by atoms with van der Waals surface area (Å²) in [6.45, 7) is 3.71. The zero-order chi connectivity index (χ0) is 24.5. The van der Waals surface area contributed by atoms with Crippen molar-refractivity contribution in [2.45, 2.75) is 13.8 Å². The van der Waals surface area contributed by atoms with E-state index in [1.165, 1.54) is 16.2 Å².